The van der Waals surface area contributed by atoms with Crippen molar-refractivity contribution in [1.82, 2.24) is 9.88 Å². The minimum absolute atomic E-state index is 0.0452. The van der Waals surface area contributed by atoms with Gasteiger partial charge in [-0.3, -0.25) is 4.79 Å². The summed E-state index contributed by atoms with van der Waals surface area (Å²) in [5.74, 6) is 0.233. The van der Waals surface area contributed by atoms with Crippen LogP contribution < -0.4 is 0 Å². The highest BCUT2D eigenvalue weighted by molar-refractivity contribution is 7.18. The van der Waals surface area contributed by atoms with E-state index in [1.54, 1.807) is 0 Å². The third kappa shape index (κ3) is 3.35. The number of hydrogen-bond acceptors (Lipinski definition) is 4. The highest BCUT2D eigenvalue weighted by Gasteiger charge is 2.31. The van der Waals surface area contributed by atoms with E-state index in [1.165, 1.54) is 28.7 Å². The van der Waals surface area contributed by atoms with Crippen molar-refractivity contribution in [3.05, 3.63) is 51.2 Å². The number of aromatic nitrogens is 1. The quantitative estimate of drug-likeness (QED) is 0.581. The van der Waals surface area contributed by atoms with Gasteiger partial charge in [0.25, 0.3) is 5.91 Å². The Morgan fingerprint density at radius 1 is 1.19 bits per heavy atom. The molecule has 0 bridgehead atoms. The zero-order valence-corrected chi connectivity index (χ0v) is 15.3. The van der Waals surface area contributed by atoms with E-state index in [1.807, 2.05) is 21.7 Å². The highest BCUT2D eigenvalue weighted by Crippen LogP contribution is 2.37. The summed E-state index contributed by atoms with van der Waals surface area (Å²) in [4.78, 5) is 18.7. The molecule has 1 aromatic carbocycles. The van der Waals surface area contributed by atoms with Gasteiger partial charge < -0.3 is 4.90 Å². The van der Waals surface area contributed by atoms with Crippen molar-refractivity contribution in [2.24, 2.45) is 0 Å². The fourth-order valence-corrected chi connectivity index (χ4v) is 4.94. The summed E-state index contributed by atoms with van der Waals surface area (Å²) in [5.41, 5.74) is 0.447. The standard InChI is InChI=1S/C18H15F3N2OS2/c19-18(20,21)13-1-2-15-14(9-13)22-16(26-15)11-3-6-23(7-4-11)17(24)12-5-8-25-10-12/h1-2,5,8-11H,3-4,6-7H2. The first-order valence-corrected chi connectivity index (χ1v) is 9.97. The Morgan fingerprint density at radius 3 is 2.62 bits per heavy atom. The van der Waals surface area contributed by atoms with Crippen molar-refractivity contribution in [2.45, 2.75) is 24.9 Å². The fraction of sp³-hybridized carbons (Fsp3) is 0.333. The molecule has 0 N–H and O–H groups in total. The zero-order valence-electron chi connectivity index (χ0n) is 13.6. The van der Waals surface area contributed by atoms with E-state index in [9.17, 15) is 18.0 Å². The van der Waals surface area contributed by atoms with Crippen LogP contribution >= 0.6 is 22.7 Å². The lowest BCUT2D eigenvalue weighted by molar-refractivity contribution is -0.137. The van der Waals surface area contributed by atoms with Crippen molar-refractivity contribution in [3.63, 3.8) is 0 Å². The Hall–Kier alpha value is -1.93. The number of nitrogens with zero attached hydrogens (tertiary/aromatic N) is 2. The molecule has 1 fully saturated rings. The van der Waals surface area contributed by atoms with Crippen LogP contribution in [0.3, 0.4) is 0 Å². The second kappa shape index (κ2) is 6.66. The first kappa shape index (κ1) is 17.5. The number of halogens is 3. The molecule has 1 aliphatic rings. The number of rotatable bonds is 2. The van der Waals surface area contributed by atoms with Gasteiger partial charge in [0.15, 0.2) is 0 Å². The van der Waals surface area contributed by atoms with Crippen molar-refractivity contribution in [3.8, 4) is 0 Å². The van der Waals surface area contributed by atoms with Gasteiger partial charge in [0.05, 0.1) is 26.4 Å². The summed E-state index contributed by atoms with van der Waals surface area (Å²) in [6, 6.07) is 5.54. The summed E-state index contributed by atoms with van der Waals surface area (Å²) < 4.78 is 39.3. The molecule has 3 aromatic rings. The molecule has 1 saturated heterocycles. The molecule has 3 nitrogen and oxygen atoms in total. The minimum atomic E-state index is -4.36. The topological polar surface area (TPSA) is 33.2 Å². The number of carbonyl (C=O) groups excluding carboxylic acids is 1. The van der Waals surface area contributed by atoms with Crippen LogP contribution in [0.2, 0.25) is 0 Å². The van der Waals surface area contributed by atoms with Crippen LogP contribution in [0.5, 0.6) is 0 Å². The smallest absolute Gasteiger partial charge is 0.339 e. The van der Waals surface area contributed by atoms with E-state index in [-0.39, 0.29) is 11.8 Å². The maximum Gasteiger partial charge on any atom is 0.416 e. The number of benzene rings is 1. The normalized spacial score (nSPS) is 16.3. The third-order valence-corrected chi connectivity index (χ3v) is 6.51. The molecule has 26 heavy (non-hydrogen) atoms. The number of alkyl halides is 3. The number of fused-ring (bicyclic) bond motifs is 1. The molecule has 0 radical (unpaired) electrons. The maximum absolute atomic E-state index is 12.9. The van der Waals surface area contributed by atoms with Crippen LogP contribution in [0, 0.1) is 0 Å². The monoisotopic (exact) mass is 396 g/mol. The average molecular weight is 396 g/mol. The zero-order chi connectivity index (χ0) is 18.3. The number of thiophene rings is 1. The van der Waals surface area contributed by atoms with Gasteiger partial charge in [-0.2, -0.15) is 24.5 Å². The number of likely N-dealkylation sites (tertiary alicyclic amines) is 1. The van der Waals surface area contributed by atoms with E-state index in [2.05, 4.69) is 4.98 Å². The predicted octanol–water partition coefficient (Wildman–Crippen LogP) is 5.40. The number of thiazole rings is 1. The second-order valence-electron chi connectivity index (χ2n) is 6.31. The van der Waals surface area contributed by atoms with Crippen molar-refractivity contribution in [1.29, 1.82) is 0 Å². The lowest BCUT2D eigenvalue weighted by Crippen LogP contribution is -2.37. The summed E-state index contributed by atoms with van der Waals surface area (Å²) in [6.45, 7) is 1.28. The molecule has 1 aliphatic heterocycles. The Balaban J connectivity index is 1.48. The molecule has 0 spiro atoms. The minimum Gasteiger partial charge on any atom is -0.339 e. The molecule has 0 saturated carbocycles. The molecule has 1 amide bonds. The first-order chi connectivity index (χ1) is 12.4. The van der Waals surface area contributed by atoms with Crippen LogP contribution in [0.1, 0.15) is 39.7 Å². The average Bonchev–Trinajstić information content (AvgIpc) is 3.29. The Bertz CT molecular complexity index is 926. The maximum atomic E-state index is 12.9. The van der Waals surface area contributed by atoms with Crippen molar-refractivity contribution < 1.29 is 18.0 Å². The highest BCUT2D eigenvalue weighted by atomic mass is 32.1. The van der Waals surface area contributed by atoms with Gasteiger partial charge in [-0.05, 0) is 42.5 Å². The fourth-order valence-electron chi connectivity index (χ4n) is 3.19. The van der Waals surface area contributed by atoms with Crippen LogP contribution in [-0.2, 0) is 6.18 Å². The summed E-state index contributed by atoms with van der Waals surface area (Å²) in [5, 5.41) is 4.60. The van der Waals surface area contributed by atoms with Gasteiger partial charge in [0.2, 0.25) is 0 Å². The Kier molecular flexibility index (Phi) is 4.48. The van der Waals surface area contributed by atoms with E-state index in [0.29, 0.717) is 24.2 Å². The lowest BCUT2D eigenvalue weighted by atomic mass is 9.97. The summed E-state index contributed by atoms with van der Waals surface area (Å²) >= 11 is 2.95. The van der Waals surface area contributed by atoms with Crippen LogP contribution in [0.4, 0.5) is 13.2 Å². The van der Waals surface area contributed by atoms with E-state index < -0.39 is 11.7 Å². The molecular formula is C18H15F3N2OS2. The predicted molar refractivity (Wildman–Crippen MR) is 96.8 cm³/mol. The Labute approximate surface area is 156 Å². The van der Waals surface area contributed by atoms with Gasteiger partial charge >= 0.3 is 6.18 Å². The SMILES string of the molecule is O=C(c1ccsc1)N1CCC(c2nc3cc(C(F)(F)F)ccc3s2)CC1. The molecule has 4 rings (SSSR count). The number of hydrogen-bond donors (Lipinski definition) is 0. The molecule has 8 heteroatoms. The summed E-state index contributed by atoms with van der Waals surface area (Å²) in [7, 11) is 0. The van der Waals surface area contributed by atoms with Crippen LogP contribution in [-0.4, -0.2) is 28.9 Å². The number of amides is 1. The third-order valence-electron chi connectivity index (χ3n) is 4.63. The van der Waals surface area contributed by atoms with E-state index in [0.717, 1.165) is 34.7 Å². The molecule has 0 aliphatic carbocycles. The largest absolute Gasteiger partial charge is 0.416 e. The lowest BCUT2D eigenvalue weighted by Gasteiger charge is -2.30. The molecule has 2 aromatic heterocycles. The van der Waals surface area contributed by atoms with E-state index in [4.69, 9.17) is 0 Å². The van der Waals surface area contributed by atoms with Crippen molar-refractivity contribution >= 4 is 38.8 Å². The second-order valence-corrected chi connectivity index (χ2v) is 8.15. The summed E-state index contributed by atoms with van der Waals surface area (Å²) in [6.07, 6.45) is -2.80. The van der Waals surface area contributed by atoms with Gasteiger partial charge in [-0.15, -0.1) is 11.3 Å². The van der Waals surface area contributed by atoms with E-state index >= 15 is 0 Å². The van der Waals surface area contributed by atoms with Crippen LogP contribution in [0.15, 0.2) is 35.0 Å². The van der Waals surface area contributed by atoms with Gasteiger partial charge in [-0.25, -0.2) is 4.98 Å². The van der Waals surface area contributed by atoms with Crippen LogP contribution in [0.25, 0.3) is 10.2 Å². The molecular weight excluding hydrogens is 381 g/mol. The number of carbonyl (C=O) groups is 1. The van der Waals surface area contributed by atoms with Gasteiger partial charge in [-0.1, -0.05) is 0 Å². The first-order valence-electron chi connectivity index (χ1n) is 8.21. The molecule has 136 valence electrons. The van der Waals surface area contributed by atoms with Gasteiger partial charge in [0.1, 0.15) is 0 Å². The van der Waals surface area contributed by atoms with Gasteiger partial charge in [0, 0.05) is 24.4 Å². The van der Waals surface area contributed by atoms with Crippen molar-refractivity contribution in [2.75, 3.05) is 13.1 Å². The Morgan fingerprint density at radius 2 is 1.96 bits per heavy atom. The molecule has 3 heterocycles. The number of piperidine rings is 1. The molecule has 0 atom stereocenters. The molecule has 0 unspecified atom stereocenters.